The molecule has 1 aromatic heterocycles. The molecule has 4 heteroatoms. The molecule has 0 saturated carbocycles. The average molecular weight is 209 g/mol. The Balaban J connectivity index is 3.01. The molecule has 1 heterocycles. The van der Waals surface area contributed by atoms with Crippen LogP contribution in [0.15, 0.2) is 0 Å². The Morgan fingerprint density at radius 1 is 1.33 bits per heavy atom. The minimum Gasteiger partial charge on any atom is -0.475 e. The van der Waals surface area contributed by atoms with Gasteiger partial charge in [0.25, 0.3) is 0 Å². The fraction of sp³-hybridized carbons (Fsp3) is 0.636. The lowest BCUT2D eigenvalue weighted by Gasteiger charge is -2.13. The molecule has 0 bridgehead atoms. The Bertz CT molecular complexity index is 337. The van der Waals surface area contributed by atoms with Crippen LogP contribution in [0.5, 0.6) is 5.88 Å². The summed E-state index contributed by atoms with van der Waals surface area (Å²) in [6, 6.07) is 0. The van der Waals surface area contributed by atoms with Crippen molar-refractivity contribution in [3.05, 3.63) is 11.4 Å². The van der Waals surface area contributed by atoms with Crippen molar-refractivity contribution in [1.82, 2.24) is 9.97 Å². The maximum atomic E-state index is 5.80. The summed E-state index contributed by atoms with van der Waals surface area (Å²) in [4.78, 5) is 8.57. The SMILES string of the molecule is CCCc1nc(N)c(C)c(OC(C)C)n1. The molecule has 15 heavy (non-hydrogen) atoms. The Labute approximate surface area is 90.9 Å². The first-order valence-corrected chi connectivity index (χ1v) is 5.34. The van der Waals surface area contributed by atoms with Crippen LogP contribution in [-0.4, -0.2) is 16.1 Å². The summed E-state index contributed by atoms with van der Waals surface area (Å²) in [5, 5.41) is 0. The Morgan fingerprint density at radius 2 is 2.00 bits per heavy atom. The van der Waals surface area contributed by atoms with Gasteiger partial charge in [-0.2, -0.15) is 4.98 Å². The van der Waals surface area contributed by atoms with Gasteiger partial charge in [-0.05, 0) is 27.2 Å². The number of aromatic nitrogens is 2. The molecule has 4 nitrogen and oxygen atoms in total. The molecule has 0 spiro atoms. The molecule has 0 fully saturated rings. The van der Waals surface area contributed by atoms with E-state index in [2.05, 4.69) is 16.9 Å². The lowest BCUT2D eigenvalue weighted by atomic mass is 10.3. The van der Waals surface area contributed by atoms with Crippen molar-refractivity contribution in [3.8, 4) is 5.88 Å². The molecule has 0 aliphatic rings. The lowest BCUT2D eigenvalue weighted by molar-refractivity contribution is 0.230. The molecular weight excluding hydrogens is 190 g/mol. The highest BCUT2D eigenvalue weighted by atomic mass is 16.5. The number of rotatable bonds is 4. The highest BCUT2D eigenvalue weighted by molar-refractivity contribution is 5.44. The minimum absolute atomic E-state index is 0.104. The van der Waals surface area contributed by atoms with Crippen LogP contribution in [0.4, 0.5) is 5.82 Å². The van der Waals surface area contributed by atoms with Gasteiger partial charge >= 0.3 is 0 Å². The molecule has 1 rings (SSSR count). The molecule has 2 N–H and O–H groups in total. The topological polar surface area (TPSA) is 61.0 Å². The van der Waals surface area contributed by atoms with Crippen LogP contribution >= 0.6 is 0 Å². The Hall–Kier alpha value is -1.32. The van der Waals surface area contributed by atoms with Crippen LogP contribution < -0.4 is 10.5 Å². The highest BCUT2D eigenvalue weighted by Crippen LogP contribution is 2.21. The van der Waals surface area contributed by atoms with Gasteiger partial charge in [0.1, 0.15) is 11.6 Å². The predicted molar refractivity (Wildman–Crippen MR) is 60.9 cm³/mol. The van der Waals surface area contributed by atoms with Crippen molar-refractivity contribution in [3.63, 3.8) is 0 Å². The van der Waals surface area contributed by atoms with Crippen molar-refractivity contribution in [2.75, 3.05) is 5.73 Å². The summed E-state index contributed by atoms with van der Waals surface area (Å²) >= 11 is 0. The van der Waals surface area contributed by atoms with E-state index >= 15 is 0 Å². The number of nitrogens with zero attached hydrogens (tertiary/aromatic N) is 2. The van der Waals surface area contributed by atoms with E-state index in [1.165, 1.54) is 0 Å². The van der Waals surface area contributed by atoms with E-state index in [0.29, 0.717) is 11.7 Å². The number of aryl methyl sites for hydroxylation is 1. The second-order valence-corrected chi connectivity index (χ2v) is 3.87. The summed E-state index contributed by atoms with van der Waals surface area (Å²) in [7, 11) is 0. The Morgan fingerprint density at radius 3 is 2.53 bits per heavy atom. The van der Waals surface area contributed by atoms with Crippen molar-refractivity contribution < 1.29 is 4.74 Å². The van der Waals surface area contributed by atoms with E-state index in [1.54, 1.807) is 0 Å². The summed E-state index contributed by atoms with van der Waals surface area (Å²) < 4.78 is 5.58. The van der Waals surface area contributed by atoms with E-state index in [9.17, 15) is 0 Å². The number of anilines is 1. The number of ether oxygens (including phenoxy) is 1. The van der Waals surface area contributed by atoms with Gasteiger partial charge in [-0.25, -0.2) is 4.98 Å². The minimum atomic E-state index is 0.104. The predicted octanol–water partition coefficient (Wildman–Crippen LogP) is 2.11. The lowest BCUT2D eigenvalue weighted by Crippen LogP contribution is -2.12. The second-order valence-electron chi connectivity index (χ2n) is 3.87. The zero-order chi connectivity index (χ0) is 11.4. The molecule has 0 amide bonds. The molecule has 1 aromatic rings. The van der Waals surface area contributed by atoms with Crippen molar-refractivity contribution >= 4 is 5.82 Å². The monoisotopic (exact) mass is 209 g/mol. The average Bonchev–Trinajstić information content (AvgIpc) is 2.13. The van der Waals surface area contributed by atoms with Crippen molar-refractivity contribution in [1.29, 1.82) is 0 Å². The normalized spacial score (nSPS) is 10.7. The first kappa shape index (κ1) is 11.8. The molecule has 0 unspecified atom stereocenters. The summed E-state index contributed by atoms with van der Waals surface area (Å²) in [5.74, 6) is 1.89. The number of hydrogen-bond donors (Lipinski definition) is 1. The number of hydrogen-bond acceptors (Lipinski definition) is 4. The van der Waals surface area contributed by atoms with Crippen molar-refractivity contribution in [2.45, 2.75) is 46.6 Å². The molecule has 0 saturated heterocycles. The largest absolute Gasteiger partial charge is 0.475 e. The number of nitrogens with two attached hydrogens (primary N) is 1. The quantitative estimate of drug-likeness (QED) is 0.825. The van der Waals surface area contributed by atoms with Gasteiger partial charge in [-0.15, -0.1) is 0 Å². The fourth-order valence-electron chi connectivity index (χ4n) is 1.23. The maximum absolute atomic E-state index is 5.80. The van der Waals surface area contributed by atoms with Gasteiger partial charge in [0.2, 0.25) is 5.88 Å². The Kier molecular flexibility index (Phi) is 3.88. The van der Waals surface area contributed by atoms with E-state index < -0.39 is 0 Å². The second kappa shape index (κ2) is 4.96. The van der Waals surface area contributed by atoms with Gasteiger partial charge < -0.3 is 10.5 Å². The van der Waals surface area contributed by atoms with Gasteiger partial charge in [0, 0.05) is 6.42 Å². The van der Waals surface area contributed by atoms with E-state index in [1.807, 2.05) is 20.8 Å². The maximum Gasteiger partial charge on any atom is 0.222 e. The van der Waals surface area contributed by atoms with Gasteiger partial charge in [-0.3, -0.25) is 0 Å². The van der Waals surface area contributed by atoms with Crippen LogP contribution in [0, 0.1) is 6.92 Å². The standard InChI is InChI=1S/C11H19N3O/c1-5-6-9-13-10(12)8(4)11(14-9)15-7(2)3/h7H,5-6H2,1-4H3,(H2,12,13,14). The first-order valence-electron chi connectivity index (χ1n) is 5.34. The third-order valence-electron chi connectivity index (χ3n) is 2.01. The van der Waals surface area contributed by atoms with E-state index in [4.69, 9.17) is 10.5 Å². The number of nitrogen functional groups attached to an aromatic ring is 1. The molecule has 0 aliphatic heterocycles. The van der Waals surface area contributed by atoms with Crippen molar-refractivity contribution in [2.24, 2.45) is 0 Å². The summed E-state index contributed by atoms with van der Waals surface area (Å²) in [6.45, 7) is 7.90. The molecular formula is C11H19N3O. The zero-order valence-electron chi connectivity index (χ0n) is 9.87. The smallest absolute Gasteiger partial charge is 0.222 e. The third-order valence-corrected chi connectivity index (χ3v) is 2.01. The molecule has 0 atom stereocenters. The first-order chi connectivity index (χ1) is 7.04. The molecule has 0 radical (unpaired) electrons. The fourth-order valence-corrected chi connectivity index (χ4v) is 1.23. The van der Waals surface area contributed by atoms with Crippen LogP contribution in [0.3, 0.4) is 0 Å². The molecule has 0 aromatic carbocycles. The molecule has 0 aliphatic carbocycles. The van der Waals surface area contributed by atoms with Crippen LogP contribution in [0.25, 0.3) is 0 Å². The summed E-state index contributed by atoms with van der Waals surface area (Å²) in [6.07, 6.45) is 1.94. The molecule has 84 valence electrons. The van der Waals surface area contributed by atoms with Gasteiger partial charge in [0.05, 0.1) is 11.7 Å². The summed E-state index contributed by atoms with van der Waals surface area (Å²) in [5.41, 5.74) is 6.62. The van der Waals surface area contributed by atoms with Crippen LogP contribution in [-0.2, 0) is 6.42 Å². The van der Waals surface area contributed by atoms with Gasteiger partial charge in [-0.1, -0.05) is 6.92 Å². The van der Waals surface area contributed by atoms with Crippen LogP contribution in [0.1, 0.15) is 38.6 Å². The zero-order valence-corrected chi connectivity index (χ0v) is 9.87. The van der Waals surface area contributed by atoms with Crippen LogP contribution in [0.2, 0.25) is 0 Å². The van der Waals surface area contributed by atoms with Gasteiger partial charge in [0.15, 0.2) is 0 Å². The highest BCUT2D eigenvalue weighted by Gasteiger charge is 2.10. The van der Waals surface area contributed by atoms with E-state index in [0.717, 1.165) is 24.2 Å². The third kappa shape index (κ3) is 3.08. The van der Waals surface area contributed by atoms with E-state index in [-0.39, 0.29) is 6.10 Å².